The number of carboxylic acids is 1. The lowest BCUT2D eigenvalue weighted by molar-refractivity contribution is -0.657. The molecule has 21 heavy (non-hydrogen) atoms. The second-order valence-electron chi connectivity index (χ2n) is 4.63. The minimum Gasteiger partial charge on any atom is -0.477 e. The molecule has 3 nitrogen and oxygen atoms in total. The van der Waals surface area contributed by atoms with Crippen molar-refractivity contribution < 1.29 is 14.5 Å². The van der Waals surface area contributed by atoms with Crippen molar-refractivity contribution in [3.8, 4) is 0 Å². The molecule has 0 aliphatic carbocycles. The van der Waals surface area contributed by atoms with Crippen LogP contribution in [0.2, 0.25) is 0 Å². The molecule has 0 bridgehead atoms. The van der Waals surface area contributed by atoms with Crippen LogP contribution < -0.4 is 4.57 Å². The standard InChI is InChI=1S/C17H13NO2S/c19-17(20)12-18-14-8-4-5-9-15(14)21-16(18)11-10-13-6-2-1-3-7-13/h1-11H,12H2/p+1. The van der Waals surface area contributed by atoms with Gasteiger partial charge in [0.2, 0.25) is 12.1 Å². The Bertz CT molecular complexity index is 806. The number of carboxylic acid groups (broad SMARTS) is 1. The van der Waals surface area contributed by atoms with Crippen LogP contribution in [0.5, 0.6) is 0 Å². The van der Waals surface area contributed by atoms with Crippen LogP contribution in [0.1, 0.15) is 10.6 Å². The van der Waals surface area contributed by atoms with Crippen molar-refractivity contribution in [1.82, 2.24) is 0 Å². The number of benzene rings is 2. The molecule has 0 saturated heterocycles. The van der Waals surface area contributed by atoms with Crippen molar-refractivity contribution in [3.05, 3.63) is 65.2 Å². The van der Waals surface area contributed by atoms with Crippen molar-refractivity contribution in [2.45, 2.75) is 6.54 Å². The largest absolute Gasteiger partial charge is 0.477 e. The maximum atomic E-state index is 11.1. The van der Waals surface area contributed by atoms with Gasteiger partial charge in [-0.2, -0.15) is 4.57 Å². The average Bonchev–Trinajstić information content (AvgIpc) is 2.84. The number of rotatable bonds is 4. The summed E-state index contributed by atoms with van der Waals surface area (Å²) in [6, 6.07) is 17.8. The van der Waals surface area contributed by atoms with Gasteiger partial charge in [-0.15, -0.1) is 0 Å². The molecule has 3 aromatic rings. The summed E-state index contributed by atoms with van der Waals surface area (Å²) in [4.78, 5) is 11.1. The summed E-state index contributed by atoms with van der Waals surface area (Å²) in [7, 11) is 0. The second kappa shape index (κ2) is 5.89. The van der Waals surface area contributed by atoms with Gasteiger partial charge in [0.05, 0.1) is 0 Å². The number of fused-ring (bicyclic) bond motifs is 1. The summed E-state index contributed by atoms with van der Waals surface area (Å²) >= 11 is 1.60. The lowest BCUT2D eigenvalue weighted by atomic mass is 10.2. The van der Waals surface area contributed by atoms with E-state index in [9.17, 15) is 4.79 Å². The smallest absolute Gasteiger partial charge is 0.370 e. The van der Waals surface area contributed by atoms with Gasteiger partial charge in [0.25, 0.3) is 5.01 Å². The Morgan fingerprint density at radius 3 is 2.52 bits per heavy atom. The Morgan fingerprint density at radius 1 is 1.05 bits per heavy atom. The summed E-state index contributed by atoms with van der Waals surface area (Å²) in [5.41, 5.74) is 2.05. The molecule has 0 unspecified atom stereocenters. The first-order valence-corrected chi connectivity index (χ1v) is 7.42. The van der Waals surface area contributed by atoms with E-state index < -0.39 is 5.97 Å². The molecule has 0 radical (unpaired) electrons. The fraction of sp³-hybridized carbons (Fsp3) is 0.0588. The van der Waals surface area contributed by atoms with Crippen LogP contribution in [0.4, 0.5) is 0 Å². The number of aromatic nitrogens is 1. The maximum absolute atomic E-state index is 11.1. The lowest BCUT2D eigenvalue weighted by Crippen LogP contribution is -2.39. The van der Waals surface area contributed by atoms with E-state index in [4.69, 9.17) is 5.11 Å². The number of hydrogen-bond acceptors (Lipinski definition) is 2. The van der Waals surface area contributed by atoms with Crippen molar-refractivity contribution in [2.24, 2.45) is 0 Å². The Balaban J connectivity index is 2.04. The third-order valence-corrected chi connectivity index (χ3v) is 4.28. The molecule has 0 amide bonds. The zero-order valence-corrected chi connectivity index (χ0v) is 12.1. The number of para-hydroxylation sites is 1. The number of hydrogen-bond donors (Lipinski definition) is 1. The first kappa shape index (κ1) is 13.5. The summed E-state index contributed by atoms with van der Waals surface area (Å²) in [5, 5.41) is 10.0. The maximum Gasteiger partial charge on any atom is 0.370 e. The van der Waals surface area contributed by atoms with E-state index in [1.165, 1.54) is 0 Å². The molecule has 0 aliphatic rings. The van der Waals surface area contributed by atoms with E-state index in [2.05, 4.69) is 0 Å². The van der Waals surface area contributed by atoms with E-state index in [0.717, 1.165) is 20.8 Å². The normalized spacial score (nSPS) is 11.2. The molecule has 1 aromatic heterocycles. The molecule has 2 aromatic carbocycles. The molecule has 3 rings (SSSR count). The monoisotopic (exact) mass is 296 g/mol. The minimum atomic E-state index is -0.835. The van der Waals surface area contributed by atoms with Crippen LogP contribution in [0.3, 0.4) is 0 Å². The van der Waals surface area contributed by atoms with E-state index in [1.54, 1.807) is 11.3 Å². The number of nitrogens with zero attached hydrogens (tertiary/aromatic N) is 1. The first-order valence-electron chi connectivity index (χ1n) is 6.60. The van der Waals surface area contributed by atoms with Crippen LogP contribution in [0, 0.1) is 0 Å². The fourth-order valence-corrected chi connectivity index (χ4v) is 3.27. The van der Waals surface area contributed by atoms with Crippen LogP contribution in [-0.4, -0.2) is 11.1 Å². The SMILES string of the molecule is O=C(O)C[n+]1c(C=Cc2ccccc2)sc2ccccc21. The molecule has 1 heterocycles. The second-order valence-corrected chi connectivity index (χ2v) is 5.69. The van der Waals surface area contributed by atoms with E-state index in [0.29, 0.717) is 0 Å². The van der Waals surface area contributed by atoms with Crippen LogP contribution >= 0.6 is 11.3 Å². The van der Waals surface area contributed by atoms with Gasteiger partial charge in [0.15, 0.2) is 0 Å². The molecule has 1 N–H and O–H groups in total. The van der Waals surface area contributed by atoms with Gasteiger partial charge in [-0.3, -0.25) is 0 Å². The van der Waals surface area contributed by atoms with Crippen molar-refractivity contribution in [3.63, 3.8) is 0 Å². The highest BCUT2D eigenvalue weighted by atomic mass is 32.1. The number of carbonyl (C=O) groups is 1. The Morgan fingerprint density at radius 2 is 1.76 bits per heavy atom. The summed E-state index contributed by atoms with van der Waals surface area (Å²) in [5.74, 6) is -0.835. The molecule has 0 atom stereocenters. The molecule has 0 aliphatic heterocycles. The topological polar surface area (TPSA) is 41.2 Å². The third kappa shape index (κ3) is 3.01. The van der Waals surface area contributed by atoms with Gasteiger partial charge in [0, 0.05) is 12.1 Å². The Hall–Kier alpha value is -2.46. The molecular weight excluding hydrogens is 282 g/mol. The highest BCUT2D eigenvalue weighted by Crippen LogP contribution is 2.21. The van der Waals surface area contributed by atoms with Crippen LogP contribution in [0.15, 0.2) is 54.6 Å². The third-order valence-electron chi connectivity index (χ3n) is 3.15. The summed E-state index contributed by atoms with van der Waals surface area (Å²) in [6.07, 6.45) is 3.98. The van der Waals surface area contributed by atoms with Gasteiger partial charge < -0.3 is 5.11 Å². The van der Waals surface area contributed by atoms with Gasteiger partial charge in [0.1, 0.15) is 4.70 Å². The molecule has 0 saturated carbocycles. The van der Waals surface area contributed by atoms with Crippen molar-refractivity contribution in [1.29, 1.82) is 0 Å². The van der Waals surface area contributed by atoms with E-state index in [-0.39, 0.29) is 6.54 Å². The quantitative estimate of drug-likeness (QED) is 0.749. The lowest BCUT2D eigenvalue weighted by Gasteiger charge is -1.93. The van der Waals surface area contributed by atoms with Crippen molar-refractivity contribution in [2.75, 3.05) is 0 Å². The molecular formula is C17H14NO2S+. The fourth-order valence-electron chi connectivity index (χ4n) is 2.21. The van der Waals surface area contributed by atoms with Crippen molar-refractivity contribution >= 4 is 39.7 Å². The van der Waals surface area contributed by atoms with Gasteiger partial charge in [-0.25, -0.2) is 4.79 Å². The summed E-state index contributed by atoms with van der Waals surface area (Å²) in [6.45, 7) is -0.0293. The van der Waals surface area contributed by atoms with Gasteiger partial charge >= 0.3 is 5.97 Å². The molecule has 104 valence electrons. The molecule has 4 heteroatoms. The zero-order chi connectivity index (χ0) is 14.7. The predicted molar refractivity (Wildman–Crippen MR) is 85.0 cm³/mol. The van der Waals surface area contributed by atoms with E-state index in [1.807, 2.05) is 71.3 Å². The minimum absolute atomic E-state index is 0.0293. The first-order chi connectivity index (χ1) is 10.2. The van der Waals surface area contributed by atoms with Crippen LogP contribution in [-0.2, 0) is 11.3 Å². The molecule has 0 fully saturated rings. The Labute approximate surface area is 126 Å². The van der Waals surface area contributed by atoms with Crippen LogP contribution in [0.25, 0.3) is 22.4 Å². The highest BCUT2D eigenvalue weighted by molar-refractivity contribution is 7.18. The molecule has 0 spiro atoms. The number of aliphatic carboxylic acids is 1. The Kier molecular flexibility index (Phi) is 3.79. The summed E-state index contributed by atoms with van der Waals surface area (Å²) < 4.78 is 2.92. The highest BCUT2D eigenvalue weighted by Gasteiger charge is 2.20. The van der Waals surface area contributed by atoms with Gasteiger partial charge in [-0.1, -0.05) is 53.8 Å². The van der Waals surface area contributed by atoms with E-state index >= 15 is 0 Å². The average molecular weight is 296 g/mol. The number of thiazole rings is 1. The predicted octanol–water partition coefficient (Wildman–Crippen LogP) is 3.44. The van der Waals surface area contributed by atoms with Gasteiger partial charge in [-0.05, 0) is 17.7 Å². The zero-order valence-electron chi connectivity index (χ0n) is 11.3.